The summed E-state index contributed by atoms with van der Waals surface area (Å²) in [5, 5.41) is 8.67. The third-order valence-electron chi connectivity index (χ3n) is 1.83. The molecule has 1 rings (SSSR count). The molecule has 1 aromatic rings. The topological polar surface area (TPSA) is 79.3 Å². The van der Waals surface area contributed by atoms with E-state index >= 15 is 0 Å². The van der Waals surface area contributed by atoms with Crippen molar-refractivity contribution in [2.75, 3.05) is 6.54 Å². The Bertz CT molecular complexity index is 521. The van der Waals surface area contributed by atoms with Crippen LogP contribution >= 0.6 is 15.9 Å². The third kappa shape index (κ3) is 4.19. The highest BCUT2D eigenvalue weighted by molar-refractivity contribution is 9.10. The van der Waals surface area contributed by atoms with E-state index in [0.29, 0.717) is 4.47 Å². The van der Waals surface area contributed by atoms with Gasteiger partial charge < -0.3 is 5.11 Å². The van der Waals surface area contributed by atoms with Crippen LogP contribution in [-0.4, -0.2) is 37.3 Å². The van der Waals surface area contributed by atoms with Crippen molar-refractivity contribution in [2.24, 2.45) is 0 Å². The molecule has 0 aliphatic rings. The highest BCUT2D eigenvalue weighted by atomic mass is 79.9. The summed E-state index contributed by atoms with van der Waals surface area (Å²) in [4.78, 5) is 3.28. The van der Waals surface area contributed by atoms with Gasteiger partial charge in [0.15, 0.2) is 6.10 Å². The second-order valence-electron chi connectivity index (χ2n) is 3.25. The van der Waals surface area contributed by atoms with Crippen molar-refractivity contribution >= 4 is 26.0 Å². The fraction of sp³-hybridized carbons (Fsp3) is 0.375. The summed E-state index contributed by atoms with van der Waals surface area (Å²) in [6.07, 6.45) is -5.33. The maximum Gasteiger partial charge on any atom is 0.415 e. The zero-order valence-corrected chi connectivity index (χ0v) is 11.1. The first-order chi connectivity index (χ1) is 8.13. The molecule has 0 spiro atoms. The van der Waals surface area contributed by atoms with Gasteiger partial charge in [-0.25, -0.2) is 13.1 Å². The highest BCUT2D eigenvalue weighted by Gasteiger charge is 2.38. The van der Waals surface area contributed by atoms with Crippen LogP contribution in [0.1, 0.15) is 0 Å². The largest absolute Gasteiger partial charge is 0.415 e. The summed E-state index contributed by atoms with van der Waals surface area (Å²) in [6.45, 7) is -1.15. The van der Waals surface area contributed by atoms with E-state index in [1.165, 1.54) is 12.3 Å². The van der Waals surface area contributed by atoms with E-state index in [1.807, 2.05) is 0 Å². The number of nitrogens with one attached hydrogen (secondary N) is 1. The molecule has 1 atom stereocenters. The van der Waals surface area contributed by atoms with E-state index in [2.05, 4.69) is 20.9 Å². The SMILES string of the molecule is O=S(=O)(NCC(O)C(F)(F)F)c1cncc(Br)c1. The van der Waals surface area contributed by atoms with Gasteiger partial charge in [0, 0.05) is 23.4 Å². The van der Waals surface area contributed by atoms with Crippen LogP contribution in [0.4, 0.5) is 13.2 Å². The lowest BCUT2D eigenvalue weighted by Gasteiger charge is -2.15. The maximum atomic E-state index is 12.0. The number of aliphatic hydroxyl groups excluding tert-OH is 1. The van der Waals surface area contributed by atoms with Gasteiger partial charge in [-0.15, -0.1) is 0 Å². The zero-order valence-electron chi connectivity index (χ0n) is 8.65. The standard InChI is InChI=1S/C8H8BrF3N2O3S/c9-5-1-6(3-13-2-5)18(16,17)14-4-7(15)8(10,11)12/h1-3,7,14-15H,4H2. The molecule has 5 nitrogen and oxygen atoms in total. The van der Waals surface area contributed by atoms with Crippen molar-refractivity contribution in [3.05, 3.63) is 22.9 Å². The molecule has 0 aliphatic heterocycles. The molecule has 0 bridgehead atoms. The second kappa shape index (κ2) is 5.51. The Kier molecular flexibility index (Phi) is 4.70. The van der Waals surface area contributed by atoms with Crippen molar-refractivity contribution in [2.45, 2.75) is 17.2 Å². The molecule has 1 aromatic heterocycles. The Balaban J connectivity index is 2.78. The van der Waals surface area contributed by atoms with Crippen LogP contribution in [0.5, 0.6) is 0 Å². The van der Waals surface area contributed by atoms with E-state index in [4.69, 9.17) is 5.11 Å². The number of alkyl halides is 3. The van der Waals surface area contributed by atoms with Crippen molar-refractivity contribution in [3.8, 4) is 0 Å². The molecule has 0 aromatic carbocycles. The lowest BCUT2D eigenvalue weighted by Crippen LogP contribution is -2.40. The molecule has 0 saturated carbocycles. The number of hydrogen-bond donors (Lipinski definition) is 2. The number of pyridine rings is 1. The minimum atomic E-state index is -4.88. The van der Waals surface area contributed by atoms with Crippen molar-refractivity contribution in [3.63, 3.8) is 0 Å². The van der Waals surface area contributed by atoms with Gasteiger partial charge in [-0.2, -0.15) is 13.2 Å². The molecular weight excluding hydrogens is 341 g/mol. The average molecular weight is 349 g/mol. The Morgan fingerprint density at radius 2 is 2.06 bits per heavy atom. The van der Waals surface area contributed by atoms with Crippen LogP contribution in [0.15, 0.2) is 27.8 Å². The predicted molar refractivity (Wildman–Crippen MR) is 59.2 cm³/mol. The van der Waals surface area contributed by atoms with Crippen LogP contribution < -0.4 is 4.72 Å². The molecule has 10 heteroatoms. The molecule has 1 heterocycles. The minimum Gasteiger partial charge on any atom is -0.382 e. The van der Waals surface area contributed by atoms with Gasteiger partial charge in [0.05, 0.1) is 0 Å². The monoisotopic (exact) mass is 348 g/mol. The van der Waals surface area contributed by atoms with Gasteiger partial charge in [0.25, 0.3) is 0 Å². The minimum absolute atomic E-state index is 0.300. The van der Waals surface area contributed by atoms with Gasteiger partial charge in [-0.05, 0) is 22.0 Å². The van der Waals surface area contributed by atoms with Gasteiger partial charge in [0.1, 0.15) is 4.90 Å². The van der Waals surface area contributed by atoms with Crippen LogP contribution in [0.25, 0.3) is 0 Å². The number of rotatable bonds is 4. The summed E-state index contributed by atoms with van der Waals surface area (Å²) < 4.78 is 61.1. The lowest BCUT2D eigenvalue weighted by atomic mass is 10.4. The molecule has 0 radical (unpaired) electrons. The first-order valence-corrected chi connectivity index (χ1v) is 6.75. The van der Waals surface area contributed by atoms with Crippen LogP contribution in [0.3, 0.4) is 0 Å². The molecule has 0 saturated heterocycles. The van der Waals surface area contributed by atoms with E-state index in [-0.39, 0.29) is 4.90 Å². The van der Waals surface area contributed by atoms with Crippen molar-refractivity contribution in [1.29, 1.82) is 0 Å². The van der Waals surface area contributed by atoms with Crippen LogP contribution in [0, 0.1) is 0 Å². The second-order valence-corrected chi connectivity index (χ2v) is 5.93. The van der Waals surface area contributed by atoms with Gasteiger partial charge in [-0.3, -0.25) is 4.98 Å². The molecule has 1 unspecified atom stereocenters. The van der Waals surface area contributed by atoms with E-state index < -0.39 is 28.8 Å². The molecular formula is C8H8BrF3N2O3S. The number of sulfonamides is 1. The van der Waals surface area contributed by atoms with Gasteiger partial charge in [-0.1, -0.05) is 0 Å². The van der Waals surface area contributed by atoms with Crippen LogP contribution in [0.2, 0.25) is 0 Å². The number of aliphatic hydroxyl groups is 1. The third-order valence-corrected chi connectivity index (χ3v) is 3.66. The smallest absolute Gasteiger partial charge is 0.382 e. The van der Waals surface area contributed by atoms with E-state index in [0.717, 1.165) is 6.20 Å². The summed E-state index contributed by atoms with van der Waals surface area (Å²) in [5.74, 6) is 0. The quantitative estimate of drug-likeness (QED) is 0.852. The number of nitrogens with zero attached hydrogens (tertiary/aromatic N) is 1. The van der Waals surface area contributed by atoms with E-state index in [9.17, 15) is 21.6 Å². The number of hydrogen-bond acceptors (Lipinski definition) is 4. The normalized spacial score (nSPS) is 14.5. The average Bonchev–Trinajstić information content (AvgIpc) is 2.24. The van der Waals surface area contributed by atoms with E-state index in [1.54, 1.807) is 4.72 Å². The summed E-state index contributed by atoms with van der Waals surface area (Å²) in [7, 11) is -4.14. The number of aromatic nitrogens is 1. The molecule has 18 heavy (non-hydrogen) atoms. The molecule has 102 valence electrons. The maximum absolute atomic E-state index is 12.0. The van der Waals surface area contributed by atoms with Crippen molar-refractivity contribution in [1.82, 2.24) is 9.71 Å². The predicted octanol–water partition coefficient (Wildman–Crippen LogP) is 1.05. The molecule has 0 fully saturated rings. The number of halogens is 4. The first kappa shape index (κ1) is 15.3. The van der Waals surface area contributed by atoms with Crippen LogP contribution in [-0.2, 0) is 10.0 Å². The summed E-state index contributed by atoms with van der Waals surface area (Å²) in [6, 6.07) is 1.18. The highest BCUT2D eigenvalue weighted by Crippen LogP contribution is 2.20. The Labute approximate surface area is 109 Å². The Morgan fingerprint density at radius 1 is 1.44 bits per heavy atom. The zero-order chi connectivity index (χ0) is 14.0. The summed E-state index contributed by atoms with van der Waals surface area (Å²) >= 11 is 2.98. The fourth-order valence-corrected chi connectivity index (χ4v) is 2.47. The first-order valence-electron chi connectivity index (χ1n) is 4.48. The molecule has 2 N–H and O–H groups in total. The van der Waals surface area contributed by atoms with Crippen molar-refractivity contribution < 1.29 is 26.7 Å². The van der Waals surface area contributed by atoms with Gasteiger partial charge >= 0.3 is 6.18 Å². The summed E-state index contributed by atoms with van der Waals surface area (Å²) in [5.41, 5.74) is 0. The Hall–Kier alpha value is -0.710. The Morgan fingerprint density at radius 3 is 2.56 bits per heavy atom. The van der Waals surface area contributed by atoms with Gasteiger partial charge in [0.2, 0.25) is 10.0 Å². The molecule has 0 aliphatic carbocycles. The fourth-order valence-electron chi connectivity index (χ4n) is 0.927. The lowest BCUT2D eigenvalue weighted by molar-refractivity contribution is -0.200. The molecule has 0 amide bonds.